The van der Waals surface area contributed by atoms with Gasteiger partial charge in [-0.15, -0.1) is 0 Å². The first-order valence-corrected chi connectivity index (χ1v) is 18.1. The molecule has 1 atom stereocenters. The van der Waals surface area contributed by atoms with Gasteiger partial charge in [-0.2, -0.15) is 0 Å². The molecule has 0 spiro atoms. The van der Waals surface area contributed by atoms with Gasteiger partial charge >= 0.3 is 0 Å². The van der Waals surface area contributed by atoms with Crippen LogP contribution in [-0.2, 0) is 0 Å². The lowest BCUT2D eigenvalue weighted by Gasteiger charge is -2.13. The summed E-state index contributed by atoms with van der Waals surface area (Å²) in [5.74, 6) is 0.921. The smallest absolute Gasteiger partial charge is 0.160 e. The predicted molar refractivity (Wildman–Crippen MR) is 225 cm³/mol. The molecule has 5 aromatic carbocycles. The molecule has 254 valence electrons. The van der Waals surface area contributed by atoms with Crippen LogP contribution in [0.5, 0.6) is 0 Å². The zero-order valence-corrected chi connectivity index (χ0v) is 29.7. The van der Waals surface area contributed by atoms with Crippen LogP contribution in [0.15, 0.2) is 200 Å². The van der Waals surface area contributed by atoms with E-state index in [1.165, 1.54) is 37.9 Å². The molecular formula is C50H39N3. The van der Waals surface area contributed by atoms with E-state index in [4.69, 9.17) is 9.97 Å². The Kier molecular flexibility index (Phi) is 9.63. The number of pyridine rings is 1. The highest BCUT2D eigenvalue weighted by Gasteiger charge is 2.13. The molecule has 3 nitrogen and oxygen atoms in total. The quantitative estimate of drug-likeness (QED) is 0.124. The summed E-state index contributed by atoms with van der Waals surface area (Å²) in [4.78, 5) is 14.7. The second-order valence-electron chi connectivity index (χ2n) is 13.3. The van der Waals surface area contributed by atoms with Gasteiger partial charge in [0.1, 0.15) is 0 Å². The van der Waals surface area contributed by atoms with E-state index in [0.717, 1.165) is 45.6 Å². The Morgan fingerprint density at radius 1 is 0.642 bits per heavy atom. The maximum atomic E-state index is 5.20. The Morgan fingerprint density at radius 3 is 2.13 bits per heavy atom. The summed E-state index contributed by atoms with van der Waals surface area (Å²) in [5.41, 5.74) is 7.97. The number of aromatic nitrogens is 3. The van der Waals surface area contributed by atoms with Crippen molar-refractivity contribution in [3.8, 4) is 33.8 Å². The van der Waals surface area contributed by atoms with Crippen LogP contribution in [0, 0.1) is 5.92 Å². The van der Waals surface area contributed by atoms with E-state index in [1.807, 2.05) is 30.5 Å². The van der Waals surface area contributed by atoms with Crippen LogP contribution in [0.2, 0.25) is 0 Å². The highest BCUT2D eigenvalue weighted by Crippen LogP contribution is 2.37. The van der Waals surface area contributed by atoms with Crippen molar-refractivity contribution in [1.82, 2.24) is 15.0 Å². The SMILES string of the molecule is C=C(/C=C\C=C\c1cc(-c2cccc(-c3cccnc3)c2)nc(-c2ccc3c4ccccc4c4ccccc4c3c2)n1)/C1=C/C=C\C/C=C\C=C/C1C. The second kappa shape index (κ2) is 15.3. The molecule has 0 radical (unpaired) electrons. The van der Waals surface area contributed by atoms with Gasteiger partial charge < -0.3 is 0 Å². The number of hydrogen-bond donors (Lipinski definition) is 0. The molecule has 1 unspecified atom stereocenters. The Bertz CT molecular complexity index is 2630. The third kappa shape index (κ3) is 7.24. The third-order valence-corrected chi connectivity index (χ3v) is 9.77. The van der Waals surface area contributed by atoms with Crippen molar-refractivity contribution in [3.05, 3.63) is 206 Å². The van der Waals surface area contributed by atoms with E-state index >= 15 is 0 Å². The number of fused-ring (bicyclic) bond motifs is 6. The maximum absolute atomic E-state index is 5.20. The summed E-state index contributed by atoms with van der Waals surface area (Å²) in [5, 5.41) is 7.37. The van der Waals surface area contributed by atoms with Crippen LogP contribution < -0.4 is 0 Å². The van der Waals surface area contributed by atoms with Gasteiger partial charge in [0.2, 0.25) is 0 Å². The molecule has 1 aliphatic rings. The zero-order chi connectivity index (χ0) is 36.0. The first-order valence-electron chi connectivity index (χ1n) is 18.1. The molecule has 0 saturated carbocycles. The summed E-state index contributed by atoms with van der Waals surface area (Å²) >= 11 is 0. The summed E-state index contributed by atoms with van der Waals surface area (Å²) < 4.78 is 0. The maximum Gasteiger partial charge on any atom is 0.160 e. The van der Waals surface area contributed by atoms with E-state index in [9.17, 15) is 0 Å². The highest BCUT2D eigenvalue weighted by atomic mass is 14.9. The van der Waals surface area contributed by atoms with Crippen molar-refractivity contribution < 1.29 is 0 Å². The van der Waals surface area contributed by atoms with Crippen LogP contribution in [0.1, 0.15) is 19.0 Å². The van der Waals surface area contributed by atoms with Crippen LogP contribution in [0.25, 0.3) is 72.2 Å². The monoisotopic (exact) mass is 681 g/mol. The van der Waals surface area contributed by atoms with Crippen LogP contribution in [0.3, 0.4) is 0 Å². The topological polar surface area (TPSA) is 38.7 Å². The number of rotatable bonds is 7. The fourth-order valence-electron chi connectivity index (χ4n) is 7.06. The minimum absolute atomic E-state index is 0.245. The fourth-order valence-corrected chi connectivity index (χ4v) is 7.06. The molecule has 0 aliphatic heterocycles. The second-order valence-corrected chi connectivity index (χ2v) is 13.3. The Labute approximate surface area is 311 Å². The summed E-state index contributed by atoms with van der Waals surface area (Å²) in [6, 6.07) is 38.5. The highest BCUT2D eigenvalue weighted by molar-refractivity contribution is 6.25. The van der Waals surface area contributed by atoms with E-state index < -0.39 is 0 Å². The van der Waals surface area contributed by atoms with E-state index in [0.29, 0.717) is 5.82 Å². The first-order chi connectivity index (χ1) is 26.1. The van der Waals surface area contributed by atoms with Gasteiger partial charge in [-0.05, 0) is 91.7 Å². The van der Waals surface area contributed by atoms with E-state index in [-0.39, 0.29) is 5.92 Å². The van der Waals surface area contributed by atoms with Crippen molar-refractivity contribution >= 4 is 38.4 Å². The van der Waals surface area contributed by atoms with Gasteiger partial charge in [0, 0.05) is 29.1 Å². The molecule has 0 amide bonds. The van der Waals surface area contributed by atoms with E-state index in [1.54, 1.807) is 6.20 Å². The Hall–Kier alpha value is -6.71. The molecule has 53 heavy (non-hydrogen) atoms. The third-order valence-electron chi connectivity index (χ3n) is 9.77. The predicted octanol–water partition coefficient (Wildman–Crippen LogP) is 13.1. The molecule has 0 fully saturated rings. The van der Waals surface area contributed by atoms with Gasteiger partial charge in [-0.1, -0.05) is 159 Å². The van der Waals surface area contributed by atoms with Crippen molar-refractivity contribution in [3.63, 3.8) is 0 Å². The molecule has 8 rings (SSSR count). The van der Waals surface area contributed by atoms with Gasteiger partial charge in [0.15, 0.2) is 5.82 Å². The van der Waals surface area contributed by atoms with E-state index in [2.05, 4.69) is 170 Å². The van der Waals surface area contributed by atoms with Crippen molar-refractivity contribution in [2.75, 3.05) is 0 Å². The van der Waals surface area contributed by atoms with Crippen LogP contribution in [-0.4, -0.2) is 15.0 Å². The number of hydrogen-bond acceptors (Lipinski definition) is 3. The summed E-state index contributed by atoms with van der Waals surface area (Å²) in [6.07, 6.45) is 27.8. The molecular weight excluding hydrogens is 643 g/mol. The Balaban J connectivity index is 1.20. The van der Waals surface area contributed by atoms with Crippen molar-refractivity contribution in [1.29, 1.82) is 0 Å². The molecule has 3 heteroatoms. The van der Waals surface area contributed by atoms with Gasteiger partial charge in [0.05, 0.1) is 11.4 Å². The van der Waals surface area contributed by atoms with Gasteiger partial charge in [0.25, 0.3) is 0 Å². The molecule has 2 heterocycles. The standard InChI is InChI=1S/C50H39N3/c1-35-17-7-5-3-4-6-8-23-42(35)36(2)18-9-10-22-41-33-49(38-20-15-19-37(31-38)40-21-16-30-51-34-40)53-50(52-41)39-28-29-47-45-26-12-11-24-43(45)44-25-13-14-27-46(44)48(47)32-39/h3,5-35H,2,4H2,1H3/b5-3-,8-6-,17-7-,18-9-,22-10+,42-23+. The normalized spacial score (nSPS) is 17.6. The van der Waals surface area contributed by atoms with Crippen LogP contribution >= 0.6 is 0 Å². The average molecular weight is 682 g/mol. The number of benzene rings is 5. The van der Waals surface area contributed by atoms with Crippen LogP contribution in [0.4, 0.5) is 0 Å². The Morgan fingerprint density at radius 2 is 1.36 bits per heavy atom. The molecule has 1 aliphatic carbocycles. The van der Waals surface area contributed by atoms with Gasteiger partial charge in [-0.3, -0.25) is 4.98 Å². The van der Waals surface area contributed by atoms with Gasteiger partial charge in [-0.25, -0.2) is 9.97 Å². The largest absolute Gasteiger partial charge is 0.264 e. The minimum Gasteiger partial charge on any atom is -0.264 e. The molecule has 0 saturated heterocycles. The lowest BCUT2D eigenvalue weighted by Crippen LogP contribution is -1.97. The molecule has 2 aromatic heterocycles. The lowest BCUT2D eigenvalue weighted by atomic mass is 9.93. The van der Waals surface area contributed by atoms with Crippen molar-refractivity contribution in [2.24, 2.45) is 5.92 Å². The first kappa shape index (κ1) is 33.4. The van der Waals surface area contributed by atoms with Crippen molar-refractivity contribution in [2.45, 2.75) is 13.3 Å². The molecule has 0 bridgehead atoms. The summed E-state index contributed by atoms with van der Waals surface area (Å²) in [7, 11) is 0. The fraction of sp³-hybridized carbons (Fsp3) is 0.0600. The molecule has 0 N–H and O–H groups in total. The summed E-state index contributed by atoms with van der Waals surface area (Å²) in [6.45, 7) is 6.60. The number of nitrogens with zero attached hydrogens (tertiary/aromatic N) is 3. The minimum atomic E-state index is 0.245. The number of allylic oxidation sites excluding steroid dienone is 12. The lowest BCUT2D eigenvalue weighted by molar-refractivity contribution is 0.880. The zero-order valence-electron chi connectivity index (χ0n) is 29.7. The molecule has 7 aromatic rings. The average Bonchev–Trinajstić information content (AvgIpc) is 3.22.